The van der Waals surface area contributed by atoms with Gasteiger partial charge >= 0.3 is 5.97 Å². The van der Waals surface area contributed by atoms with E-state index in [9.17, 15) is 9.90 Å². The molecule has 0 saturated carbocycles. The molecule has 16 heavy (non-hydrogen) atoms. The second-order valence-electron chi connectivity index (χ2n) is 3.10. The third kappa shape index (κ3) is 2.85. The first-order chi connectivity index (χ1) is 7.56. The van der Waals surface area contributed by atoms with E-state index in [1.165, 1.54) is 18.2 Å². The third-order valence-corrected chi connectivity index (χ3v) is 1.87. The van der Waals surface area contributed by atoms with Crippen LogP contribution >= 0.6 is 0 Å². The molecule has 6 heteroatoms. The van der Waals surface area contributed by atoms with Gasteiger partial charge in [-0.3, -0.25) is 0 Å². The monoisotopic (exact) mass is 228 g/mol. The van der Waals surface area contributed by atoms with Crippen LogP contribution in [0.15, 0.2) is 18.2 Å². The minimum absolute atomic E-state index is 0.0487. The Bertz CT molecular complexity index is 376. The predicted octanol–water partition coefficient (Wildman–Crippen LogP) is -0.178. The van der Waals surface area contributed by atoms with E-state index in [4.69, 9.17) is 20.1 Å². The van der Waals surface area contributed by atoms with Crippen molar-refractivity contribution < 1.29 is 30.0 Å². The van der Waals surface area contributed by atoms with Crippen molar-refractivity contribution in [2.45, 2.75) is 6.10 Å². The maximum Gasteiger partial charge on any atom is 0.339 e. The summed E-state index contributed by atoms with van der Waals surface area (Å²) >= 11 is 0. The van der Waals surface area contributed by atoms with Crippen molar-refractivity contribution in [2.24, 2.45) is 0 Å². The van der Waals surface area contributed by atoms with Crippen molar-refractivity contribution in [1.82, 2.24) is 0 Å². The van der Waals surface area contributed by atoms with Crippen LogP contribution < -0.4 is 4.74 Å². The van der Waals surface area contributed by atoms with Gasteiger partial charge in [0.15, 0.2) is 11.5 Å². The van der Waals surface area contributed by atoms with Crippen LogP contribution in [0, 0.1) is 0 Å². The number of ether oxygens (including phenoxy) is 1. The lowest BCUT2D eigenvalue weighted by Gasteiger charge is -2.11. The standard InChI is InChI=1S/C10H12O6/c11-4-6(12)5-16-8-3-1-2-7(9(8)13)10(14)15/h1-3,6,11-13H,4-5H2,(H,14,15). The average Bonchev–Trinajstić information content (AvgIpc) is 2.26. The van der Waals surface area contributed by atoms with Gasteiger partial charge in [0.1, 0.15) is 18.3 Å². The highest BCUT2D eigenvalue weighted by atomic mass is 16.5. The number of phenols is 1. The summed E-state index contributed by atoms with van der Waals surface area (Å²) in [6.45, 7) is -0.702. The van der Waals surface area contributed by atoms with Crippen LogP contribution in [0.5, 0.6) is 11.5 Å². The van der Waals surface area contributed by atoms with E-state index in [0.29, 0.717) is 0 Å². The molecule has 88 valence electrons. The van der Waals surface area contributed by atoms with Gasteiger partial charge in [-0.2, -0.15) is 0 Å². The number of carbonyl (C=O) groups is 1. The summed E-state index contributed by atoms with van der Waals surface area (Å²) in [5.41, 5.74) is -0.281. The predicted molar refractivity (Wildman–Crippen MR) is 53.7 cm³/mol. The smallest absolute Gasteiger partial charge is 0.339 e. The summed E-state index contributed by atoms with van der Waals surface area (Å²) in [4.78, 5) is 10.7. The zero-order chi connectivity index (χ0) is 12.1. The fraction of sp³-hybridized carbons (Fsp3) is 0.300. The Hall–Kier alpha value is -1.79. The highest BCUT2D eigenvalue weighted by Gasteiger charge is 2.14. The highest BCUT2D eigenvalue weighted by Crippen LogP contribution is 2.29. The molecule has 0 radical (unpaired) electrons. The van der Waals surface area contributed by atoms with Gasteiger partial charge in [-0.1, -0.05) is 6.07 Å². The van der Waals surface area contributed by atoms with E-state index >= 15 is 0 Å². The second-order valence-corrected chi connectivity index (χ2v) is 3.10. The zero-order valence-electron chi connectivity index (χ0n) is 8.33. The lowest BCUT2D eigenvalue weighted by molar-refractivity contribution is 0.0525. The van der Waals surface area contributed by atoms with Crippen molar-refractivity contribution in [3.8, 4) is 11.5 Å². The van der Waals surface area contributed by atoms with Crippen molar-refractivity contribution in [3.05, 3.63) is 23.8 Å². The molecular formula is C10H12O6. The van der Waals surface area contributed by atoms with Crippen molar-refractivity contribution in [1.29, 1.82) is 0 Å². The number of aliphatic hydroxyl groups excluding tert-OH is 2. The number of aromatic hydroxyl groups is 1. The van der Waals surface area contributed by atoms with Gasteiger partial charge in [-0.05, 0) is 12.1 Å². The number of carboxylic acid groups (broad SMARTS) is 1. The van der Waals surface area contributed by atoms with Gasteiger partial charge in [-0.25, -0.2) is 4.79 Å². The van der Waals surface area contributed by atoms with Crippen LogP contribution in [0.1, 0.15) is 10.4 Å². The Morgan fingerprint density at radius 2 is 2.12 bits per heavy atom. The summed E-state index contributed by atoms with van der Waals surface area (Å²) in [6, 6.07) is 4.00. The Morgan fingerprint density at radius 3 is 2.69 bits per heavy atom. The maximum absolute atomic E-state index is 10.7. The number of rotatable bonds is 5. The summed E-state index contributed by atoms with van der Waals surface area (Å²) in [6.07, 6.45) is -1.08. The van der Waals surface area contributed by atoms with Gasteiger partial charge < -0.3 is 25.2 Å². The van der Waals surface area contributed by atoms with Crippen LogP contribution in [0.4, 0.5) is 0 Å². The van der Waals surface area contributed by atoms with Gasteiger partial charge in [0.05, 0.1) is 6.61 Å². The SMILES string of the molecule is O=C(O)c1cccc(OCC(O)CO)c1O. The van der Waals surface area contributed by atoms with E-state index in [1.807, 2.05) is 0 Å². The molecule has 0 bridgehead atoms. The summed E-state index contributed by atoms with van der Waals surface area (Å²) < 4.78 is 4.96. The molecule has 0 saturated heterocycles. The molecule has 1 atom stereocenters. The van der Waals surface area contributed by atoms with Gasteiger partial charge in [0.25, 0.3) is 0 Å². The normalized spacial score (nSPS) is 12.1. The third-order valence-electron chi connectivity index (χ3n) is 1.87. The van der Waals surface area contributed by atoms with Crippen LogP contribution in [0.25, 0.3) is 0 Å². The van der Waals surface area contributed by atoms with Gasteiger partial charge in [-0.15, -0.1) is 0 Å². The lowest BCUT2D eigenvalue weighted by Crippen LogP contribution is -2.21. The Morgan fingerprint density at radius 1 is 1.44 bits per heavy atom. The number of hydrogen-bond donors (Lipinski definition) is 4. The minimum Gasteiger partial charge on any atom is -0.504 e. The summed E-state index contributed by atoms with van der Waals surface area (Å²) in [7, 11) is 0. The largest absolute Gasteiger partial charge is 0.504 e. The van der Waals surface area contributed by atoms with Crippen LogP contribution in [0.3, 0.4) is 0 Å². The quantitative estimate of drug-likeness (QED) is 0.557. The maximum atomic E-state index is 10.7. The van der Waals surface area contributed by atoms with Crippen molar-refractivity contribution in [2.75, 3.05) is 13.2 Å². The number of para-hydroxylation sites is 1. The average molecular weight is 228 g/mol. The van der Waals surface area contributed by atoms with Gasteiger partial charge in [0.2, 0.25) is 0 Å². The number of benzene rings is 1. The molecule has 0 aromatic heterocycles. The molecular weight excluding hydrogens is 216 g/mol. The highest BCUT2D eigenvalue weighted by molar-refractivity contribution is 5.91. The molecule has 1 aromatic carbocycles. The molecule has 0 amide bonds. The van der Waals surface area contributed by atoms with E-state index in [2.05, 4.69) is 0 Å². The number of aliphatic hydroxyl groups is 2. The van der Waals surface area contributed by atoms with Gasteiger partial charge in [0, 0.05) is 0 Å². The summed E-state index contributed by atoms with van der Waals surface area (Å²) in [5, 5.41) is 35.8. The minimum atomic E-state index is -1.27. The molecule has 1 rings (SSSR count). The van der Waals surface area contributed by atoms with E-state index in [0.717, 1.165) is 0 Å². The Balaban J connectivity index is 2.81. The molecule has 4 N–H and O–H groups in total. The van der Waals surface area contributed by atoms with E-state index in [1.54, 1.807) is 0 Å². The first-order valence-electron chi connectivity index (χ1n) is 4.53. The van der Waals surface area contributed by atoms with E-state index < -0.39 is 24.4 Å². The molecule has 1 aromatic rings. The Labute approximate surface area is 91.3 Å². The summed E-state index contributed by atoms with van der Waals surface area (Å²) in [5.74, 6) is -1.82. The van der Waals surface area contributed by atoms with Crippen molar-refractivity contribution >= 4 is 5.97 Å². The van der Waals surface area contributed by atoms with Crippen LogP contribution in [-0.2, 0) is 0 Å². The topological polar surface area (TPSA) is 107 Å². The fourth-order valence-electron chi connectivity index (χ4n) is 1.05. The fourth-order valence-corrected chi connectivity index (χ4v) is 1.05. The first-order valence-corrected chi connectivity index (χ1v) is 4.53. The zero-order valence-corrected chi connectivity index (χ0v) is 8.33. The molecule has 0 aliphatic carbocycles. The lowest BCUT2D eigenvalue weighted by atomic mass is 10.2. The first kappa shape index (κ1) is 12.3. The molecule has 0 aliphatic rings. The molecule has 0 fully saturated rings. The number of aromatic carboxylic acids is 1. The number of carboxylic acids is 1. The van der Waals surface area contributed by atoms with E-state index in [-0.39, 0.29) is 17.9 Å². The molecule has 6 nitrogen and oxygen atoms in total. The molecule has 0 spiro atoms. The Kier molecular flexibility index (Phi) is 4.10. The molecule has 0 aliphatic heterocycles. The molecule has 0 heterocycles. The van der Waals surface area contributed by atoms with Crippen LogP contribution in [-0.4, -0.2) is 45.7 Å². The van der Waals surface area contributed by atoms with Crippen molar-refractivity contribution in [3.63, 3.8) is 0 Å². The van der Waals surface area contributed by atoms with Crippen LogP contribution in [0.2, 0.25) is 0 Å². The molecule has 1 unspecified atom stereocenters. The second kappa shape index (κ2) is 5.34. The number of hydrogen-bond acceptors (Lipinski definition) is 5.